The molecule has 31 heavy (non-hydrogen) atoms. The third kappa shape index (κ3) is 4.08. The van der Waals surface area contributed by atoms with E-state index in [1.54, 1.807) is 24.3 Å². The number of hydrogen-bond donors (Lipinski definition) is 1. The van der Waals surface area contributed by atoms with Crippen LogP contribution in [0.25, 0.3) is 6.08 Å². The Hall–Kier alpha value is -3.11. The van der Waals surface area contributed by atoms with Gasteiger partial charge in [0, 0.05) is 6.07 Å². The summed E-state index contributed by atoms with van der Waals surface area (Å²) in [5.74, 6) is -0.0749. The Bertz CT molecular complexity index is 1140. The number of imide groups is 2. The van der Waals surface area contributed by atoms with Crippen molar-refractivity contribution < 1.29 is 28.6 Å². The maximum atomic E-state index is 13.1. The van der Waals surface area contributed by atoms with Crippen LogP contribution < -0.4 is 24.4 Å². The molecular formula is C21H14Br2N2O6. The highest BCUT2D eigenvalue weighted by atomic mass is 79.9. The number of carbonyl (C=O) groups is 3. The van der Waals surface area contributed by atoms with Gasteiger partial charge in [0.1, 0.15) is 17.9 Å². The number of rotatable bonds is 5. The number of nitrogens with zero attached hydrogens (tertiary/aromatic N) is 1. The number of urea groups is 1. The van der Waals surface area contributed by atoms with Gasteiger partial charge in [0.2, 0.25) is 6.79 Å². The molecule has 158 valence electrons. The molecule has 0 bridgehead atoms. The van der Waals surface area contributed by atoms with Gasteiger partial charge in [-0.05, 0) is 67.8 Å². The van der Waals surface area contributed by atoms with Gasteiger partial charge in [-0.2, -0.15) is 0 Å². The van der Waals surface area contributed by atoms with Crippen molar-refractivity contribution in [3.05, 3.63) is 63.1 Å². The first-order valence-corrected chi connectivity index (χ1v) is 10.5. The summed E-state index contributed by atoms with van der Waals surface area (Å²) in [5.41, 5.74) is 0.597. The van der Waals surface area contributed by atoms with Gasteiger partial charge >= 0.3 is 6.03 Å². The minimum atomic E-state index is -0.846. The highest BCUT2D eigenvalue weighted by molar-refractivity contribution is 9.11. The molecule has 0 spiro atoms. The Morgan fingerprint density at radius 1 is 1.10 bits per heavy atom. The molecule has 0 radical (unpaired) electrons. The first-order valence-electron chi connectivity index (χ1n) is 8.93. The van der Waals surface area contributed by atoms with Gasteiger partial charge in [0.05, 0.1) is 14.6 Å². The molecule has 8 nitrogen and oxygen atoms in total. The minimum absolute atomic E-state index is 0.0544. The van der Waals surface area contributed by atoms with E-state index >= 15 is 0 Å². The average molecular weight is 550 g/mol. The van der Waals surface area contributed by atoms with E-state index in [4.69, 9.17) is 14.2 Å². The molecule has 0 aromatic heterocycles. The topological polar surface area (TPSA) is 94.2 Å². The number of anilines is 1. The molecule has 0 unspecified atom stereocenters. The third-order valence-electron chi connectivity index (χ3n) is 4.39. The van der Waals surface area contributed by atoms with E-state index in [9.17, 15) is 14.4 Å². The quantitative estimate of drug-likeness (QED) is 0.342. The maximum Gasteiger partial charge on any atom is 0.335 e. The Kier molecular flexibility index (Phi) is 5.84. The van der Waals surface area contributed by atoms with Crippen LogP contribution in [0.3, 0.4) is 0 Å². The van der Waals surface area contributed by atoms with Crippen LogP contribution in [0.5, 0.6) is 17.2 Å². The molecule has 1 N–H and O–H groups in total. The fourth-order valence-corrected chi connectivity index (χ4v) is 4.48. The molecule has 10 heteroatoms. The van der Waals surface area contributed by atoms with Gasteiger partial charge in [0.15, 0.2) is 11.5 Å². The third-order valence-corrected chi connectivity index (χ3v) is 5.57. The van der Waals surface area contributed by atoms with Crippen LogP contribution >= 0.6 is 31.9 Å². The number of halogens is 2. The number of carbonyl (C=O) groups excluding carboxylic acids is 3. The molecule has 2 aliphatic rings. The van der Waals surface area contributed by atoms with Crippen molar-refractivity contribution in [3.8, 4) is 17.2 Å². The number of barbiturate groups is 1. The number of amides is 4. The van der Waals surface area contributed by atoms with E-state index in [2.05, 4.69) is 43.8 Å². The van der Waals surface area contributed by atoms with Gasteiger partial charge in [-0.15, -0.1) is 0 Å². The van der Waals surface area contributed by atoms with E-state index in [1.807, 2.05) is 0 Å². The Morgan fingerprint density at radius 3 is 2.52 bits per heavy atom. The first-order chi connectivity index (χ1) is 14.9. The van der Waals surface area contributed by atoms with Crippen LogP contribution in [0, 0.1) is 0 Å². The maximum absolute atomic E-state index is 13.1. The first kappa shape index (κ1) is 21.1. The Balaban J connectivity index is 1.69. The molecule has 2 aromatic carbocycles. The highest BCUT2D eigenvalue weighted by Gasteiger charge is 2.37. The fourth-order valence-electron chi connectivity index (χ4n) is 3.03. The molecule has 0 atom stereocenters. The summed E-state index contributed by atoms with van der Waals surface area (Å²) in [5, 5.41) is 2.19. The van der Waals surface area contributed by atoms with Crippen LogP contribution in [0.2, 0.25) is 0 Å². The van der Waals surface area contributed by atoms with E-state index < -0.39 is 17.8 Å². The average Bonchev–Trinajstić information content (AvgIpc) is 3.18. The van der Waals surface area contributed by atoms with Gasteiger partial charge < -0.3 is 14.2 Å². The molecule has 1 saturated heterocycles. The van der Waals surface area contributed by atoms with Gasteiger partial charge in [-0.3, -0.25) is 14.9 Å². The molecule has 0 saturated carbocycles. The van der Waals surface area contributed by atoms with Gasteiger partial charge in [-0.25, -0.2) is 9.69 Å². The van der Waals surface area contributed by atoms with Crippen molar-refractivity contribution in [1.29, 1.82) is 0 Å². The lowest BCUT2D eigenvalue weighted by molar-refractivity contribution is -0.122. The molecule has 2 aromatic rings. The predicted molar refractivity (Wildman–Crippen MR) is 119 cm³/mol. The second-order valence-electron chi connectivity index (χ2n) is 6.41. The summed E-state index contributed by atoms with van der Waals surface area (Å²) < 4.78 is 17.4. The fraction of sp³-hybridized carbons (Fsp3) is 0.0952. The summed E-state index contributed by atoms with van der Waals surface area (Å²) in [4.78, 5) is 38.8. The Morgan fingerprint density at radius 2 is 1.81 bits per heavy atom. The summed E-state index contributed by atoms with van der Waals surface area (Å²) in [6.45, 7) is 3.97. The van der Waals surface area contributed by atoms with Crippen molar-refractivity contribution in [1.82, 2.24) is 5.32 Å². The van der Waals surface area contributed by atoms with E-state index in [-0.39, 0.29) is 18.1 Å². The number of ether oxygens (including phenoxy) is 3. The lowest BCUT2D eigenvalue weighted by atomic mass is 10.1. The van der Waals surface area contributed by atoms with Crippen molar-refractivity contribution in [2.75, 3.05) is 18.3 Å². The summed E-state index contributed by atoms with van der Waals surface area (Å²) in [6.07, 6.45) is 3.01. The molecular weight excluding hydrogens is 536 g/mol. The largest absolute Gasteiger partial charge is 0.487 e. The van der Waals surface area contributed by atoms with Gasteiger partial charge in [0.25, 0.3) is 11.8 Å². The summed E-state index contributed by atoms with van der Waals surface area (Å²) in [6, 6.07) is 7.18. The van der Waals surface area contributed by atoms with E-state index in [0.717, 1.165) is 4.90 Å². The van der Waals surface area contributed by atoms with Crippen molar-refractivity contribution in [2.24, 2.45) is 0 Å². The van der Waals surface area contributed by atoms with Crippen LogP contribution in [-0.4, -0.2) is 31.2 Å². The monoisotopic (exact) mass is 548 g/mol. The number of fused-ring (bicyclic) bond motifs is 1. The molecule has 4 amide bonds. The second-order valence-corrected chi connectivity index (χ2v) is 8.12. The van der Waals surface area contributed by atoms with Crippen LogP contribution in [0.1, 0.15) is 5.56 Å². The lowest BCUT2D eigenvalue weighted by Crippen LogP contribution is -2.54. The molecule has 0 aliphatic carbocycles. The normalized spacial score (nSPS) is 16.5. The zero-order valence-corrected chi connectivity index (χ0v) is 19.0. The minimum Gasteiger partial charge on any atom is -0.487 e. The van der Waals surface area contributed by atoms with Crippen LogP contribution in [0.4, 0.5) is 10.5 Å². The number of nitrogens with one attached hydrogen (secondary N) is 1. The van der Waals surface area contributed by atoms with Crippen molar-refractivity contribution in [2.45, 2.75) is 0 Å². The smallest absolute Gasteiger partial charge is 0.335 e. The van der Waals surface area contributed by atoms with Crippen molar-refractivity contribution >= 4 is 61.5 Å². The molecule has 2 heterocycles. The van der Waals surface area contributed by atoms with E-state index in [1.165, 1.54) is 18.2 Å². The Labute approximate surface area is 193 Å². The predicted octanol–water partition coefficient (Wildman–Crippen LogP) is 4.17. The summed E-state index contributed by atoms with van der Waals surface area (Å²) in [7, 11) is 0. The molecule has 2 aliphatic heterocycles. The van der Waals surface area contributed by atoms with Crippen LogP contribution in [-0.2, 0) is 9.59 Å². The van der Waals surface area contributed by atoms with Gasteiger partial charge in [-0.1, -0.05) is 12.7 Å². The zero-order valence-electron chi connectivity index (χ0n) is 15.8. The number of benzene rings is 2. The highest BCUT2D eigenvalue weighted by Crippen LogP contribution is 2.37. The molecule has 1 fully saturated rings. The van der Waals surface area contributed by atoms with Crippen molar-refractivity contribution in [3.63, 3.8) is 0 Å². The zero-order chi connectivity index (χ0) is 22.1. The standard InChI is InChI=1S/C21H14Br2N2O6/c1-2-5-29-18-14(22)7-11(8-15(18)23)6-13-19(26)24-21(28)25(20(13)27)12-3-4-16-17(9-12)31-10-30-16/h2-4,6-9H,1,5,10H2,(H,24,26,28)/b13-6-. The SMILES string of the molecule is C=CCOc1c(Br)cc(/C=C2/C(=O)NC(=O)N(c3ccc4c(c3)OCO4)C2=O)cc1Br. The number of hydrogen-bond acceptors (Lipinski definition) is 6. The summed E-state index contributed by atoms with van der Waals surface area (Å²) >= 11 is 6.83. The molecule has 4 rings (SSSR count). The van der Waals surface area contributed by atoms with E-state index in [0.29, 0.717) is 38.4 Å². The lowest BCUT2D eigenvalue weighted by Gasteiger charge is -2.26. The van der Waals surface area contributed by atoms with Crippen LogP contribution in [0.15, 0.2) is 57.5 Å². The second kappa shape index (κ2) is 8.56.